The van der Waals surface area contributed by atoms with Crippen LogP contribution in [-0.4, -0.2) is 49.5 Å². The summed E-state index contributed by atoms with van der Waals surface area (Å²) < 4.78 is 1.74. The number of hydrogen-bond donors (Lipinski definition) is 2. The molecule has 3 aromatic rings. The van der Waals surface area contributed by atoms with Gasteiger partial charge in [-0.1, -0.05) is 0 Å². The number of carbonyl (C=O) groups excluding carboxylic acids is 1. The number of aromatic amines is 1. The summed E-state index contributed by atoms with van der Waals surface area (Å²) in [6.45, 7) is 3.39. The largest absolute Gasteiger partial charge is 0.367 e. The number of carbonyl (C=O) groups is 1. The Morgan fingerprint density at radius 2 is 2.30 bits per heavy atom. The summed E-state index contributed by atoms with van der Waals surface area (Å²) in [5.41, 5.74) is 2.56. The number of aromatic nitrogens is 4. The number of H-pyrrole nitrogens is 1. The first-order valence-electron chi connectivity index (χ1n) is 7.70. The van der Waals surface area contributed by atoms with Gasteiger partial charge < -0.3 is 15.2 Å². The Hall–Kier alpha value is -2.83. The van der Waals surface area contributed by atoms with Crippen LogP contribution in [0.5, 0.6) is 0 Å². The second kappa shape index (κ2) is 5.42. The van der Waals surface area contributed by atoms with Crippen molar-refractivity contribution in [1.29, 1.82) is 0 Å². The molecule has 1 amide bonds. The highest BCUT2D eigenvalue weighted by molar-refractivity contribution is 5.95. The monoisotopic (exact) mass is 310 g/mol. The molecule has 0 saturated carbocycles. The van der Waals surface area contributed by atoms with Crippen molar-refractivity contribution in [3.05, 3.63) is 48.0 Å². The van der Waals surface area contributed by atoms with Crippen molar-refractivity contribution in [2.24, 2.45) is 0 Å². The third kappa shape index (κ3) is 2.54. The predicted octanol–water partition coefficient (Wildman–Crippen LogP) is 1.69. The second-order valence-electron chi connectivity index (χ2n) is 5.88. The first-order chi connectivity index (χ1) is 11.2. The maximum atomic E-state index is 12.5. The molecule has 1 fully saturated rings. The number of rotatable bonds is 3. The number of likely N-dealkylation sites (tertiary alicyclic amines) is 1. The van der Waals surface area contributed by atoms with E-state index in [-0.39, 0.29) is 11.9 Å². The number of nitrogens with one attached hydrogen (secondary N) is 2. The lowest BCUT2D eigenvalue weighted by molar-refractivity contribution is 0.0791. The molecule has 4 rings (SSSR count). The number of aryl methyl sites for hydroxylation is 1. The Morgan fingerprint density at radius 1 is 1.39 bits per heavy atom. The van der Waals surface area contributed by atoms with Crippen LogP contribution >= 0.6 is 0 Å². The number of anilines is 1. The van der Waals surface area contributed by atoms with Crippen LogP contribution in [0.2, 0.25) is 0 Å². The fraction of sp³-hybridized carbons (Fsp3) is 0.312. The zero-order chi connectivity index (χ0) is 15.8. The van der Waals surface area contributed by atoms with Gasteiger partial charge in [0, 0.05) is 43.9 Å². The minimum absolute atomic E-state index is 0.0890. The molecular formula is C16H18N6O. The van der Waals surface area contributed by atoms with E-state index in [9.17, 15) is 4.79 Å². The van der Waals surface area contributed by atoms with Gasteiger partial charge in [0.1, 0.15) is 5.82 Å². The minimum Gasteiger partial charge on any atom is -0.367 e. The van der Waals surface area contributed by atoms with E-state index in [1.165, 1.54) is 0 Å². The molecular weight excluding hydrogens is 292 g/mol. The van der Waals surface area contributed by atoms with Crippen molar-refractivity contribution in [2.45, 2.75) is 19.4 Å². The molecule has 0 unspecified atom stereocenters. The van der Waals surface area contributed by atoms with E-state index in [4.69, 9.17) is 0 Å². The lowest BCUT2D eigenvalue weighted by atomic mass is 10.2. The summed E-state index contributed by atoms with van der Waals surface area (Å²) in [4.78, 5) is 21.6. The fourth-order valence-corrected chi connectivity index (χ4v) is 3.01. The summed E-state index contributed by atoms with van der Waals surface area (Å²) in [7, 11) is 0. The van der Waals surface area contributed by atoms with Gasteiger partial charge >= 0.3 is 0 Å². The standard InChI is InChI=1S/C16H18N6O/c1-11-8-17-9-13(11)16(23)21-6-4-12(10-21)19-14-2-3-15-18-5-7-22(15)20-14/h2-3,5,7-9,12,17H,4,6,10H2,1H3,(H,19,20)/t12-/m1/s1. The third-order valence-corrected chi connectivity index (χ3v) is 4.27. The SMILES string of the molecule is Cc1c[nH]cc1C(=O)N1CC[C@@H](Nc2ccc3nccn3n2)C1. The molecule has 0 radical (unpaired) electrons. The summed E-state index contributed by atoms with van der Waals surface area (Å²) in [5, 5.41) is 7.87. The summed E-state index contributed by atoms with van der Waals surface area (Å²) >= 11 is 0. The Balaban J connectivity index is 1.44. The number of fused-ring (bicyclic) bond motifs is 1. The van der Waals surface area contributed by atoms with E-state index in [0.717, 1.165) is 35.6 Å². The molecule has 23 heavy (non-hydrogen) atoms. The topological polar surface area (TPSA) is 78.3 Å². The Labute approximate surface area is 133 Å². The van der Waals surface area contributed by atoms with Gasteiger partial charge in [-0.3, -0.25) is 4.79 Å². The molecule has 0 aliphatic carbocycles. The first-order valence-corrected chi connectivity index (χ1v) is 7.70. The highest BCUT2D eigenvalue weighted by atomic mass is 16.2. The summed E-state index contributed by atoms with van der Waals surface area (Å²) in [6.07, 6.45) is 8.08. The van der Waals surface area contributed by atoms with Crippen LogP contribution in [0.1, 0.15) is 22.3 Å². The van der Waals surface area contributed by atoms with Crippen molar-refractivity contribution in [1.82, 2.24) is 24.5 Å². The molecule has 2 N–H and O–H groups in total. The van der Waals surface area contributed by atoms with E-state index in [0.29, 0.717) is 6.54 Å². The second-order valence-corrected chi connectivity index (χ2v) is 5.88. The van der Waals surface area contributed by atoms with E-state index < -0.39 is 0 Å². The number of nitrogens with zero attached hydrogens (tertiary/aromatic N) is 4. The number of amides is 1. The molecule has 4 heterocycles. The van der Waals surface area contributed by atoms with Crippen LogP contribution in [-0.2, 0) is 0 Å². The molecule has 0 bridgehead atoms. The van der Waals surface area contributed by atoms with Crippen molar-refractivity contribution >= 4 is 17.4 Å². The quantitative estimate of drug-likeness (QED) is 0.772. The normalized spacial score (nSPS) is 17.8. The van der Waals surface area contributed by atoms with E-state index in [2.05, 4.69) is 20.4 Å². The van der Waals surface area contributed by atoms with Crippen LogP contribution in [0.3, 0.4) is 0 Å². The van der Waals surface area contributed by atoms with Crippen LogP contribution in [0.25, 0.3) is 5.65 Å². The van der Waals surface area contributed by atoms with Gasteiger partial charge in [0.15, 0.2) is 5.65 Å². The van der Waals surface area contributed by atoms with Gasteiger partial charge in [-0.15, -0.1) is 5.10 Å². The fourth-order valence-electron chi connectivity index (χ4n) is 3.01. The average Bonchev–Trinajstić information content (AvgIpc) is 3.26. The van der Waals surface area contributed by atoms with Gasteiger partial charge in [-0.2, -0.15) is 0 Å². The lowest BCUT2D eigenvalue weighted by Crippen LogP contribution is -2.31. The Kier molecular flexibility index (Phi) is 3.25. The third-order valence-electron chi connectivity index (χ3n) is 4.27. The van der Waals surface area contributed by atoms with E-state index >= 15 is 0 Å². The predicted molar refractivity (Wildman–Crippen MR) is 86.4 cm³/mol. The Morgan fingerprint density at radius 3 is 3.13 bits per heavy atom. The van der Waals surface area contributed by atoms with Gasteiger partial charge in [0.25, 0.3) is 5.91 Å². The smallest absolute Gasteiger partial charge is 0.255 e. The van der Waals surface area contributed by atoms with Crippen LogP contribution in [0.15, 0.2) is 36.9 Å². The number of imidazole rings is 1. The van der Waals surface area contributed by atoms with Crippen molar-refractivity contribution in [3.63, 3.8) is 0 Å². The van der Waals surface area contributed by atoms with Gasteiger partial charge in [-0.05, 0) is 31.0 Å². The van der Waals surface area contributed by atoms with Crippen LogP contribution < -0.4 is 5.32 Å². The molecule has 0 aromatic carbocycles. The molecule has 1 aliphatic heterocycles. The molecule has 1 saturated heterocycles. The summed E-state index contributed by atoms with van der Waals surface area (Å²) in [6, 6.07) is 4.06. The molecule has 1 atom stereocenters. The molecule has 118 valence electrons. The van der Waals surface area contributed by atoms with Gasteiger partial charge in [0.2, 0.25) is 0 Å². The zero-order valence-corrected chi connectivity index (χ0v) is 12.9. The average molecular weight is 310 g/mol. The molecule has 0 spiro atoms. The van der Waals surface area contributed by atoms with Crippen molar-refractivity contribution < 1.29 is 4.79 Å². The molecule has 3 aromatic heterocycles. The Bertz CT molecular complexity index is 851. The zero-order valence-electron chi connectivity index (χ0n) is 12.9. The van der Waals surface area contributed by atoms with Gasteiger partial charge in [0.05, 0.1) is 5.56 Å². The molecule has 7 nitrogen and oxygen atoms in total. The van der Waals surface area contributed by atoms with Crippen LogP contribution in [0, 0.1) is 6.92 Å². The van der Waals surface area contributed by atoms with Crippen molar-refractivity contribution in [2.75, 3.05) is 18.4 Å². The van der Waals surface area contributed by atoms with E-state index in [1.807, 2.05) is 36.4 Å². The van der Waals surface area contributed by atoms with Gasteiger partial charge in [-0.25, -0.2) is 9.50 Å². The van der Waals surface area contributed by atoms with E-state index in [1.54, 1.807) is 16.9 Å². The van der Waals surface area contributed by atoms with Crippen LogP contribution in [0.4, 0.5) is 5.82 Å². The lowest BCUT2D eigenvalue weighted by Gasteiger charge is -2.17. The van der Waals surface area contributed by atoms with Crippen molar-refractivity contribution in [3.8, 4) is 0 Å². The summed E-state index contributed by atoms with van der Waals surface area (Å²) in [5.74, 6) is 0.888. The molecule has 7 heteroatoms. The number of hydrogen-bond acceptors (Lipinski definition) is 4. The minimum atomic E-state index is 0.0890. The maximum Gasteiger partial charge on any atom is 0.255 e. The highest BCUT2D eigenvalue weighted by Gasteiger charge is 2.28. The first kappa shape index (κ1) is 13.8. The highest BCUT2D eigenvalue weighted by Crippen LogP contribution is 2.18. The molecule has 1 aliphatic rings. The maximum absolute atomic E-state index is 12.5.